The van der Waals surface area contributed by atoms with Gasteiger partial charge in [0.1, 0.15) is 0 Å². The summed E-state index contributed by atoms with van der Waals surface area (Å²) in [7, 11) is -3.79. The Balaban J connectivity index is 1.56. The number of halogens is 3. The number of carbonyl (C=O) groups excluding carboxylic acids is 1. The average Bonchev–Trinajstić information content (AvgIpc) is 2.77. The van der Waals surface area contributed by atoms with E-state index in [0.29, 0.717) is 22.3 Å². The number of amides is 1. The van der Waals surface area contributed by atoms with E-state index in [1.165, 1.54) is 30.3 Å². The first-order valence-electron chi connectivity index (χ1n) is 9.84. The first kappa shape index (κ1) is 25.7. The van der Waals surface area contributed by atoms with Gasteiger partial charge in [-0.15, -0.1) is 0 Å². The summed E-state index contributed by atoms with van der Waals surface area (Å²) in [6.07, 6.45) is 0. The smallest absolute Gasteiger partial charge is 0.261 e. The van der Waals surface area contributed by atoms with Crippen LogP contribution in [0.2, 0.25) is 15.1 Å². The molecular formula is C23H21Cl3N2O3S2. The van der Waals surface area contributed by atoms with Crippen LogP contribution in [0.1, 0.15) is 21.5 Å². The van der Waals surface area contributed by atoms with Crippen LogP contribution in [0.25, 0.3) is 0 Å². The molecule has 0 aliphatic rings. The van der Waals surface area contributed by atoms with Crippen molar-refractivity contribution >= 4 is 68.2 Å². The molecule has 0 fully saturated rings. The minimum absolute atomic E-state index is 0.132. The first-order chi connectivity index (χ1) is 15.7. The van der Waals surface area contributed by atoms with Crippen molar-refractivity contribution in [3.05, 3.63) is 92.4 Å². The van der Waals surface area contributed by atoms with Crippen molar-refractivity contribution in [2.75, 3.05) is 17.0 Å². The van der Waals surface area contributed by atoms with E-state index in [1.807, 2.05) is 19.1 Å². The quantitative estimate of drug-likeness (QED) is 0.305. The molecule has 3 rings (SSSR count). The number of carbonyl (C=O) groups is 1. The second kappa shape index (κ2) is 11.5. The van der Waals surface area contributed by atoms with Gasteiger partial charge in [0.2, 0.25) is 0 Å². The van der Waals surface area contributed by atoms with E-state index in [1.54, 1.807) is 30.0 Å². The van der Waals surface area contributed by atoms with Gasteiger partial charge in [-0.3, -0.25) is 9.52 Å². The average molecular weight is 544 g/mol. The summed E-state index contributed by atoms with van der Waals surface area (Å²) in [5, 5.41) is 4.06. The first-order valence-corrected chi connectivity index (χ1v) is 13.6. The van der Waals surface area contributed by atoms with Crippen LogP contribution in [-0.2, 0) is 15.8 Å². The SMILES string of the molecule is Cc1ccc(S(=O)(=O)Nc2ccc(Cl)c(C(=O)NCCSCc3ccc(Cl)c(Cl)c3)c2)cc1. The lowest BCUT2D eigenvalue weighted by molar-refractivity contribution is 0.0956. The maximum atomic E-state index is 12.6. The van der Waals surface area contributed by atoms with Crippen molar-refractivity contribution < 1.29 is 13.2 Å². The van der Waals surface area contributed by atoms with Crippen LogP contribution in [0.5, 0.6) is 0 Å². The molecule has 2 N–H and O–H groups in total. The molecule has 33 heavy (non-hydrogen) atoms. The number of nitrogens with one attached hydrogen (secondary N) is 2. The third-order valence-electron chi connectivity index (χ3n) is 4.58. The molecule has 10 heteroatoms. The molecule has 0 atom stereocenters. The van der Waals surface area contributed by atoms with Gasteiger partial charge in [-0.1, -0.05) is 58.6 Å². The van der Waals surface area contributed by atoms with Crippen LogP contribution in [0.3, 0.4) is 0 Å². The van der Waals surface area contributed by atoms with Crippen molar-refractivity contribution in [2.45, 2.75) is 17.6 Å². The lowest BCUT2D eigenvalue weighted by Gasteiger charge is -2.11. The zero-order valence-electron chi connectivity index (χ0n) is 17.6. The highest BCUT2D eigenvalue weighted by Gasteiger charge is 2.16. The van der Waals surface area contributed by atoms with Gasteiger partial charge >= 0.3 is 0 Å². The predicted octanol–water partition coefficient (Wildman–Crippen LogP) is 6.42. The zero-order chi connectivity index (χ0) is 24.0. The molecule has 174 valence electrons. The minimum atomic E-state index is -3.79. The second-order valence-electron chi connectivity index (χ2n) is 7.17. The third-order valence-corrected chi connectivity index (χ3v) is 8.08. The summed E-state index contributed by atoms with van der Waals surface area (Å²) in [4.78, 5) is 12.7. The van der Waals surface area contributed by atoms with E-state index in [2.05, 4.69) is 10.0 Å². The van der Waals surface area contributed by atoms with E-state index in [-0.39, 0.29) is 27.1 Å². The van der Waals surface area contributed by atoms with Gasteiger partial charge in [0.25, 0.3) is 15.9 Å². The molecule has 0 aromatic heterocycles. The van der Waals surface area contributed by atoms with Crippen molar-refractivity contribution in [1.82, 2.24) is 5.32 Å². The maximum absolute atomic E-state index is 12.6. The molecule has 0 radical (unpaired) electrons. The molecule has 5 nitrogen and oxygen atoms in total. The normalized spacial score (nSPS) is 11.3. The third kappa shape index (κ3) is 7.29. The summed E-state index contributed by atoms with van der Waals surface area (Å²) in [6.45, 7) is 2.29. The Labute approximate surface area is 212 Å². The Bertz CT molecular complexity index is 1250. The number of hydrogen-bond donors (Lipinski definition) is 2. The largest absolute Gasteiger partial charge is 0.351 e. The standard InChI is InChI=1S/C23H21Cl3N2O3S2/c1-15-2-6-18(7-3-15)33(30,31)28-17-5-9-20(24)19(13-17)23(29)27-10-11-32-14-16-4-8-21(25)22(26)12-16/h2-9,12-13,28H,10-11,14H2,1H3,(H,27,29). The molecular weight excluding hydrogens is 523 g/mol. The number of anilines is 1. The van der Waals surface area contributed by atoms with Gasteiger partial charge < -0.3 is 5.32 Å². The highest BCUT2D eigenvalue weighted by molar-refractivity contribution is 7.98. The molecule has 3 aromatic carbocycles. The van der Waals surface area contributed by atoms with Crippen LogP contribution in [0, 0.1) is 6.92 Å². The number of rotatable bonds is 9. The Morgan fingerprint density at radius 2 is 1.61 bits per heavy atom. The van der Waals surface area contributed by atoms with Gasteiger partial charge in [-0.25, -0.2) is 8.42 Å². The van der Waals surface area contributed by atoms with E-state index < -0.39 is 10.0 Å². The van der Waals surface area contributed by atoms with Crippen molar-refractivity contribution in [1.29, 1.82) is 0 Å². The van der Waals surface area contributed by atoms with Gasteiger partial charge in [-0.05, 0) is 55.0 Å². The Hall–Kier alpha value is -1.90. The van der Waals surface area contributed by atoms with Crippen molar-refractivity contribution in [3.63, 3.8) is 0 Å². The molecule has 0 saturated carbocycles. The van der Waals surface area contributed by atoms with Gasteiger partial charge in [0, 0.05) is 23.7 Å². The number of thioether (sulfide) groups is 1. The summed E-state index contributed by atoms with van der Waals surface area (Å²) in [5.41, 5.74) is 2.43. The molecule has 0 unspecified atom stereocenters. The summed E-state index contributed by atoms with van der Waals surface area (Å²) in [5.74, 6) is 1.01. The van der Waals surface area contributed by atoms with Crippen molar-refractivity contribution in [2.24, 2.45) is 0 Å². The van der Waals surface area contributed by atoms with Gasteiger partial charge in [0.05, 0.1) is 25.5 Å². The summed E-state index contributed by atoms with van der Waals surface area (Å²) < 4.78 is 27.7. The predicted molar refractivity (Wildman–Crippen MR) is 138 cm³/mol. The number of aryl methyl sites for hydroxylation is 1. The van der Waals surface area contributed by atoms with E-state index in [0.717, 1.165) is 16.9 Å². The van der Waals surface area contributed by atoms with E-state index in [9.17, 15) is 13.2 Å². The van der Waals surface area contributed by atoms with Crippen LogP contribution >= 0.6 is 46.6 Å². The Morgan fingerprint density at radius 1 is 0.909 bits per heavy atom. The van der Waals surface area contributed by atoms with Gasteiger partial charge in [-0.2, -0.15) is 11.8 Å². The van der Waals surface area contributed by atoms with E-state index >= 15 is 0 Å². The summed E-state index contributed by atoms with van der Waals surface area (Å²) in [6, 6.07) is 16.4. The minimum Gasteiger partial charge on any atom is -0.351 e. The fraction of sp³-hybridized carbons (Fsp3) is 0.174. The fourth-order valence-corrected chi connectivity index (χ4v) is 5.23. The Morgan fingerprint density at radius 3 is 2.30 bits per heavy atom. The van der Waals surface area contributed by atoms with Crippen LogP contribution in [0.15, 0.2) is 65.6 Å². The number of sulfonamides is 1. The van der Waals surface area contributed by atoms with Gasteiger partial charge in [0.15, 0.2) is 0 Å². The molecule has 0 heterocycles. The van der Waals surface area contributed by atoms with Crippen LogP contribution in [-0.4, -0.2) is 26.6 Å². The number of hydrogen-bond acceptors (Lipinski definition) is 4. The molecule has 0 spiro atoms. The molecule has 0 aliphatic heterocycles. The van der Waals surface area contributed by atoms with Crippen LogP contribution < -0.4 is 10.0 Å². The van der Waals surface area contributed by atoms with Crippen molar-refractivity contribution in [3.8, 4) is 0 Å². The number of benzene rings is 3. The van der Waals surface area contributed by atoms with Crippen LogP contribution in [0.4, 0.5) is 5.69 Å². The topological polar surface area (TPSA) is 75.3 Å². The van der Waals surface area contributed by atoms with E-state index in [4.69, 9.17) is 34.8 Å². The monoisotopic (exact) mass is 542 g/mol. The molecule has 0 saturated heterocycles. The molecule has 1 amide bonds. The molecule has 3 aromatic rings. The second-order valence-corrected chi connectivity index (χ2v) is 11.2. The molecule has 0 bridgehead atoms. The maximum Gasteiger partial charge on any atom is 0.261 e. The highest BCUT2D eigenvalue weighted by Crippen LogP contribution is 2.25. The fourth-order valence-electron chi connectivity index (χ4n) is 2.85. The lowest BCUT2D eigenvalue weighted by Crippen LogP contribution is -2.26. The highest BCUT2D eigenvalue weighted by atomic mass is 35.5. The molecule has 0 aliphatic carbocycles. The Kier molecular flexibility index (Phi) is 8.95. The zero-order valence-corrected chi connectivity index (χ0v) is 21.5. The lowest BCUT2D eigenvalue weighted by atomic mass is 10.2. The summed E-state index contributed by atoms with van der Waals surface area (Å²) >= 11 is 19.7.